The summed E-state index contributed by atoms with van der Waals surface area (Å²) in [7, 11) is 0. The van der Waals surface area contributed by atoms with Crippen LogP contribution in [0.4, 0.5) is 0 Å². The van der Waals surface area contributed by atoms with Gasteiger partial charge >= 0.3 is 5.97 Å². The second-order valence-electron chi connectivity index (χ2n) is 4.63. The van der Waals surface area contributed by atoms with Crippen LogP contribution in [-0.2, 0) is 11.3 Å². The zero-order chi connectivity index (χ0) is 13.3. The van der Waals surface area contributed by atoms with Crippen LogP contribution in [0.2, 0.25) is 5.02 Å². The maximum absolute atomic E-state index is 11.0. The van der Waals surface area contributed by atoms with Gasteiger partial charge in [-0.3, -0.25) is 10.1 Å². The summed E-state index contributed by atoms with van der Waals surface area (Å²) in [6.07, 6.45) is 3.59. The van der Waals surface area contributed by atoms with E-state index in [1.807, 2.05) is 16.7 Å². The highest BCUT2D eigenvalue weighted by molar-refractivity contribution is 6.30. The van der Waals surface area contributed by atoms with Gasteiger partial charge in [0, 0.05) is 18.9 Å². The van der Waals surface area contributed by atoms with Gasteiger partial charge in [-0.05, 0) is 26.0 Å². The molecule has 0 saturated heterocycles. The van der Waals surface area contributed by atoms with Gasteiger partial charge in [0.1, 0.15) is 11.2 Å². The van der Waals surface area contributed by atoms with Crippen LogP contribution < -0.4 is 5.32 Å². The number of rotatable bonds is 4. The quantitative estimate of drug-likeness (QED) is 0.888. The number of halogens is 1. The van der Waals surface area contributed by atoms with E-state index in [0.29, 0.717) is 11.6 Å². The Hall–Kier alpha value is -1.59. The van der Waals surface area contributed by atoms with Gasteiger partial charge in [-0.15, -0.1) is 0 Å². The van der Waals surface area contributed by atoms with Crippen LogP contribution in [0.25, 0.3) is 5.65 Å². The largest absolute Gasteiger partial charge is 0.480 e. The SMILES string of the molecule is CC(C)(NCc1cn2cc(Cl)ccc2n1)C(=O)O. The molecule has 0 aliphatic rings. The lowest BCUT2D eigenvalue weighted by Crippen LogP contribution is -2.46. The molecule has 0 aliphatic heterocycles. The molecule has 0 spiro atoms. The second-order valence-corrected chi connectivity index (χ2v) is 5.07. The highest BCUT2D eigenvalue weighted by Crippen LogP contribution is 2.12. The van der Waals surface area contributed by atoms with E-state index in [4.69, 9.17) is 16.7 Å². The van der Waals surface area contributed by atoms with E-state index in [0.717, 1.165) is 11.3 Å². The summed E-state index contributed by atoms with van der Waals surface area (Å²) in [5.41, 5.74) is 0.573. The number of hydrogen-bond acceptors (Lipinski definition) is 3. The second kappa shape index (κ2) is 4.59. The summed E-state index contributed by atoms with van der Waals surface area (Å²) in [4.78, 5) is 15.3. The molecular weight excluding hydrogens is 254 g/mol. The number of nitrogens with one attached hydrogen (secondary N) is 1. The summed E-state index contributed by atoms with van der Waals surface area (Å²) in [5.74, 6) is -0.894. The van der Waals surface area contributed by atoms with E-state index < -0.39 is 11.5 Å². The summed E-state index contributed by atoms with van der Waals surface area (Å²) in [5, 5.41) is 12.6. The van der Waals surface area contributed by atoms with Crippen molar-refractivity contribution < 1.29 is 9.90 Å². The van der Waals surface area contributed by atoms with Crippen molar-refractivity contribution in [2.45, 2.75) is 25.9 Å². The van der Waals surface area contributed by atoms with Crippen LogP contribution in [0.15, 0.2) is 24.5 Å². The molecule has 0 aliphatic carbocycles. The number of carboxylic acids is 1. The molecular formula is C12H14ClN3O2. The number of aliphatic carboxylic acids is 1. The molecule has 6 heteroatoms. The van der Waals surface area contributed by atoms with E-state index in [1.165, 1.54) is 0 Å². The number of aromatic nitrogens is 2. The van der Waals surface area contributed by atoms with Gasteiger partial charge in [0.05, 0.1) is 10.7 Å². The number of carbonyl (C=O) groups is 1. The normalized spacial score (nSPS) is 11.9. The van der Waals surface area contributed by atoms with E-state index in [-0.39, 0.29) is 0 Å². The minimum Gasteiger partial charge on any atom is -0.480 e. The molecule has 18 heavy (non-hydrogen) atoms. The first kappa shape index (κ1) is 12.9. The lowest BCUT2D eigenvalue weighted by molar-refractivity contribution is -0.143. The minimum absolute atomic E-state index is 0.387. The molecule has 5 nitrogen and oxygen atoms in total. The molecule has 0 aromatic carbocycles. The highest BCUT2D eigenvalue weighted by Gasteiger charge is 2.26. The Morgan fingerprint density at radius 2 is 2.22 bits per heavy atom. The molecule has 2 rings (SSSR count). The zero-order valence-electron chi connectivity index (χ0n) is 10.1. The predicted octanol–water partition coefficient (Wildman–Crippen LogP) is 1.94. The molecule has 0 bridgehead atoms. The van der Waals surface area contributed by atoms with E-state index in [2.05, 4.69) is 10.3 Å². The van der Waals surface area contributed by atoms with Crippen molar-refractivity contribution in [3.05, 3.63) is 35.2 Å². The molecule has 2 N–H and O–H groups in total. The van der Waals surface area contributed by atoms with Crippen molar-refractivity contribution in [3.63, 3.8) is 0 Å². The van der Waals surface area contributed by atoms with Gasteiger partial charge < -0.3 is 9.51 Å². The number of nitrogens with zero attached hydrogens (tertiary/aromatic N) is 2. The van der Waals surface area contributed by atoms with Gasteiger partial charge in [-0.2, -0.15) is 0 Å². The number of fused-ring (bicyclic) bond motifs is 1. The van der Waals surface area contributed by atoms with Crippen LogP contribution in [0.3, 0.4) is 0 Å². The molecule has 2 heterocycles. The number of carboxylic acid groups (broad SMARTS) is 1. The fraction of sp³-hybridized carbons (Fsp3) is 0.333. The van der Waals surface area contributed by atoms with E-state index >= 15 is 0 Å². The third-order valence-corrected chi connectivity index (χ3v) is 2.93. The number of imidazole rings is 1. The van der Waals surface area contributed by atoms with Crippen molar-refractivity contribution >= 4 is 23.2 Å². The van der Waals surface area contributed by atoms with Crippen LogP contribution in [0.5, 0.6) is 0 Å². The summed E-state index contributed by atoms with van der Waals surface area (Å²) >= 11 is 5.88. The Labute approximate surface area is 109 Å². The van der Waals surface area contributed by atoms with Crippen LogP contribution in [0.1, 0.15) is 19.5 Å². The maximum Gasteiger partial charge on any atom is 0.323 e. The third kappa shape index (κ3) is 2.63. The standard InChI is InChI=1S/C12H14ClN3O2/c1-12(2,11(17)18)14-5-9-7-16-6-8(13)3-4-10(16)15-9/h3-4,6-7,14H,5H2,1-2H3,(H,17,18). The first-order valence-electron chi connectivity index (χ1n) is 5.50. The van der Waals surface area contributed by atoms with Crippen molar-refractivity contribution in [1.82, 2.24) is 14.7 Å². The Kier molecular flexibility index (Phi) is 3.28. The number of pyridine rings is 1. The van der Waals surface area contributed by atoms with Crippen molar-refractivity contribution in [1.29, 1.82) is 0 Å². The fourth-order valence-electron chi connectivity index (χ4n) is 1.49. The summed E-state index contributed by atoms with van der Waals surface area (Å²) < 4.78 is 1.81. The zero-order valence-corrected chi connectivity index (χ0v) is 10.9. The Morgan fingerprint density at radius 1 is 1.50 bits per heavy atom. The summed E-state index contributed by atoms with van der Waals surface area (Å²) in [6.45, 7) is 3.61. The van der Waals surface area contributed by atoms with Crippen LogP contribution >= 0.6 is 11.6 Å². The molecule has 0 atom stereocenters. The highest BCUT2D eigenvalue weighted by atomic mass is 35.5. The molecule has 2 aromatic rings. The molecule has 0 unspecified atom stereocenters. The smallest absolute Gasteiger partial charge is 0.323 e. The van der Waals surface area contributed by atoms with Gasteiger partial charge in [0.2, 0.25) is 0 Å². The topological polar surface area (TPSA) is 66.6 Å². The Balaban J connectivity index is 2.15. The van der Waals surface area contributed by atoms with Gasteiger partial charge in [0.15, 0.2) is 0 Å². The first-order valence-corrected chi connectivity index (χ1v) is 5.88. The van der Waals surface area contributed by atoms with Crippen molar-refractivity contribution in [3.8, 4) is 0 Å². The first-order chi connectivity index (χ1) is 8.38. The van der Waals surface area contributed by atoms with Gasteiger partial charge in [-0.1, -0.05) is 11.6 Å². The molecule has 0 radical (unpaired) electrons. The molecule has 0 amide bonds. The third-order valence-electron chi connectivity index (χ3n) is 2.71. The minimum atomic E-state index is -0.979. The average Bonchev–Trinajstić information content (AvgIpc) is 2.68. The van der Waals surface area contributed by atoms with Crippen molar-refractivity contribution in [2.75, 3.05) is 0 Å². The average molecular weight is 268 g/mol. The monoisotopic (exact) mass is 267 g/mol. The van der Waals surface area contributed by atoms with E-state index in [9.17, 15) is 4.79 Å². The number of hydrogen-bond donors (Lipinski definition) is 2. The maximum atomic E-state index is 11.0. The predicted molar refractivity (Wildman–Crippen MR) is 68.8 cm³/mol. The summed E-state index contributed by atoms with van der Waals surface area (Å²) in [6, 6.07) is 3.58. The lowest BCUT2D eigenvalue weighted by atomic mass is 10.1. The van der Waals surface area contributed by atoms with Gasteiger partial charge in [0.25, 0.3) is 0 Å². The fourth-order valence-corrected chi connectivity index (χ4v) is 1.66. The lowest BCUT2D eigenvalue weighted by Gasteiger charge is -2.20. The van der Waals surface area contributed by atoms with E-state index in [1.54, 1.807) is 26.1 Å². The Morgan fingerprint density at radius 3 is 2.89 bits per heavy atom. The Bertz CT molecular complexity index is 592. The molecule has 2 aromatic heterocycles. The van der Waals surface area contributed by atoms with Crippen LogP contribution in [0, 0.1) is 0 Å². The molecule has 0 fully saturated rings. The van der Waals surface area contributed by atoms with Crippen LogP contribution in [-0.4, -0.2) is 26.0 Å². The molecule has 96 valence electrons. The van der Waals surface area contributed by atoms with Gasteiger partial charge in [-0.25, -0.2) is 4.98 Å². The molecule has 0 saturated carbocycles. The van der Waals surface area contributed by atoms with Crippen molar-refractivity contribution in [2.24, 2.45) is 0 Å².